The van der Waals surface area contributed by atoms with Crippen LogP contribution in [0.2, 0.25) is 5.02 Å². The molecule has 1 aromatic heterocycles. The number of fused-ring (bicyclic) bond motifs is 1. The molecule has 2 N–H and O–H groups in total. The molecule has 3 aromatic rings. The van der Waals surface area contributed by atoms with Gasteiger partial charge in [0, 0.05) is 37.1 Å². The van der Waals surface area contributed by atoms with Crippen LogP contribution in [-0.4, -0.2) is 44.6 Å². The largest absolute Gasteiger partial charge is 0.388 e. The van der Waals surface area contributed by atoms with Gasteiger partial charge in [-0.1, -0.05) is 35.9 Å². The number of likely N-dealkylation sites (tertiary alicyclic amines) is 1. The van der Waals surface area contributed by atoms with Crippen LogP contribution in [0.15, 0.2) is 48.5 Å². The number of amides is 1. The Morgan fingerprint density at radius 1 is 1.20 bits per heavy atom. The summed E-state index contributed by atoms with van der Waals surface area (Å²) in [5.41, 5.74) is 3.02. The summed E-state index contributed by atoms with van der Waals surface area (Å²) in [5, 5.41) is 13.6. The van der Waals surface area contributed by atoms with Gasteiger partial charge in [0.15, 0.2) is 0 Å². The molecule has 6 nitrogen and oxygen atoms in total. The van der Waals surface area contributed by atoms with Gasteiger partial charge in [0.25, 0.3) is 0 Å². The molecule has 1 aliphatic heterocycles. The minimum Gasteiger partial charge on any atom is -0.388 e. The van der Waals surface area contributed by atoms with E-state index in [4.69, 9.17) is 11.6 Å². The van der Waals surface area contributed by atoms with Crippen LogP contribution in [0.3, 0.4) is 0 Å². The van der Waals surface area contributed by atoms with E-state index in [9.17, 15) is 9.90 Å². The fourth-order valence-corrected chi connectivity index (χ4v) is 4.30. The van der Waals surface area contributed by atoms with Gasteiger partial charge in [0.1, 0.15) is 12.4 Å². The van der Waals surface area contributed by atoms with Crippen LogP contribution < -0.4 is 5.32 Å². The Labute approximate surface area is 181 Å². The minimum absolute atomic E-state index is 0.0370. The number of aryl methyl sites for hydroxylation is 1. The number of halogens is 1. The van der Waals surface area contributed by atoms with E-state index in [1.54, 1.807) is 0 Å². The van der Waals surface area contributed by atoms with Crippen molar-refractivity contribution in [1.82, 2.24) is 19.8 Å². The monoisotopic (exact) mass is 426 g/mol. The highest BCUT2D eigenvalue weighted by atomic mass is 35.5. The van der Waals surface area contributed by atoms with Crippen LogP contribution >= 0.6 is 11.6 Å². The van der Waals surface area contributed by atoms with Gasteiger partial charge in [0.05, 0.1) is 11.0 Å². The number of nitrogens with zero attached hydrogens (tertiary/aromatic N) is 3. The maximum Gasteiger partial charge on any atom is 0.222 e. The number of carbonyl (C=O) groups excluding carboxylic acids is 1. The Kier molecular flexibility index (Phi) is 6.67. The highest BCUT2D eigenvalue weighted by Crippen LogP contribution is 2.18. The molecule has 0 bridgehead atoms. The summed E-state index contributed by atoms with van der Waals surface area (Å²) in [6.07, 6.45) is 2.43. The standard InChI is InChI=1S/C23H27ClN4O2/c24-18-9-7-17(8-10-18)14-27-12-3-4-19(15-27)25-23(30)11-13-28-21-6-2-1-5-20(21)26-22(28)16-29/h1-2,5-10,19,29H,3-4,11-16H2,(H,25,30). The van der Waals surface area contributed by atoms with Gasteiger partial charge in [-0.2, -0.15) is 0 Å². The first-order chi connectivity index (χ1) is 14.6. The fraction of sp³-hybridized carbons (Fsp3) is 0.391. The average Bonchev–Trinajstić information content (AvgIpc) is 3.12. The summed E-state index contributed by atoms with van der Waals surface area (Å²) in [4.78, 5) is 19.4. The van der Waals surface area contributed by atoms with Gasteiger partial charge in [-0.05, 0) is 49.2 Å². The number of piperidine rings is 1. The van der Waals surface area contributed by atoms with E-state index in [1.165, 1.54) is 5.56 Å². The molecule has 1 unspecified atom stereocenters. The van der Waals surface area contributed by atoms with Gasteiger partial charge >= 0.3 is 0 Å². The SMILES string of the molecule is O=C(CCn1c(CO)nc2ccccc21)NC1CCCN(Cc2ccc(Cl)cc2)C1. The zero-order valence-electron chi connectivity index (χ0n) is 16.9. The Hall–Kier alpha value is -2.41. The zero-order valence-corrected chi connectivity index (χ0v) is 17.7. The summed E-state index contributed by atoms with van der Waals surface area (Å²) in [5.74, 6) is 0.630. The molecule has 4 rings (SSSR count). The van der Waals surface area contributed by atoms with Crippen molar-refractivity contribution in [2.45, 2.75) is 45.0 Å². The number of benzene rings is 2. The number of hydrogen-bond donors (Lipinski definition) is 2. The molecule has 1 fully saturated rings. The Balaban J connectivity index is 1.31. The van der Waals surface area contributed by atoms with Crippen LogP contribution in [0.1, 0.15) is 30.7 Å². The molecular formula is C23H27ClN4O2. The first kappa shape index (κ1) is 20.8. The van der Waals surface area contributed by atoms with Crippen molar-refractivity contribution in [3.05, 3.63) is 64.9 Å². The van der Waals surface area contributed by atoms with Crippen molar-refractivity contribution in [2.75, 3.05) is 13.1 Å². The number of hydrogen-bond acceptors (Lipinski definition) is 4. The van der Waals surface area contributed by atoms with Crippen molar-refractivity contribution < 1.29 is 9.90 Å². The second-order valence-corrected chi connectivity index (χ2v) is 8.28. The fourth-order valence-electron chi connectivity index (χ4n) is 4.17. The lowest BCUT2D eigenvalue weighted by Crippen LogP contribution is -2.47. The van der Waals surface area contributed by atoms with Crippen LogP contribution in [-0.2, 0) is 24.5 Å². The summed E-state index contributed by atoms with van der Waals surface area (Å²) < 4.78 is 1.93. The van der Waals surface area contributed by atoms with E-state index in [0.717, 1.165) is 48.5 Å². The van der Waals surface area contributed by atoms with E-state index in [0.29, 0.717) is 18.8 Å². The number of rotatable bonds is 7. The number of imidazole rings is 1. The average molecular weight is 427 g/mol. The van der Waals surface area contributed by atoms with E-state index in [-0.39, 0.29) is 18.6 Å². The molecule has 1 aliphatic rings. The van der Waals surface area contributed by atoms with Crippen molar-refractivity contribution in [3.63, 3.8) is 0 Å². The molecule has 2 heterocycles. The molecule has 0 saturated carbocycles. The van der Waals surface area contributed by atoms with Crippen molar-refractivity contribution >= 4 is 28.5 Å². The molecule has 1 atom stereocenters. The number of para-hydroxylation sites is 2. The maximum absolute atomic E-state index is 12.6. The van der Waals surface area contributed by atoms with Crippen LogP contribution in [0.4, 0.5) is 0 Å². The van der Waals surface area contributed by atoms with E-state index in [1.807, 2.05) is 41.0 Å². The normalized spacial score (nSPS) is 17.3. The second kappa shape index (κ2) is 9.60. The molecule has 30 heavy (non-hydrogen) atoms. The summed E-state index contributed by atoms with van der Waals surface area (Å²) >= 11 is 5.97. The number of nitrogens with one attached hydrogen (secondary N) is 1. The van der Waals surface area contributed by atoms with E-state index in [2.05, 4.69) is 27.3 Å². The van der Waals surface area contributed by atoms with Gasteiger partial charge in [-0.3, -0.25) is 9.69 Å². The van der Waals surface area contributed by atoms with Gasteiger partial charge in [0.2, 0.25) is 5.91 Å². The molecule has 1 amide bonds. The van der Waals surface area contributed by atoms with Crippen molar-refractivity contribution in [2.24, 2.45) is 0 Å². The number of aromatic nitrogens is 2. The Morgan fingerprint density at radius 3 is 2.80 bits per heavy atom. The molecule has 0 radical (unpaired) electrons. The Bertz CT molecular complexity index is 1000. The lowest BCUT2D eigenvalue weighted by molar-refractivity contribution is -0.122. The predicted molar refractivity (Wildman–Crippen MR) is 118 cm³/mol. The third-order valence-electron chi connectivity index (χ3n) is 5.63. The molecule has 2 aromatic carbocycles. The molecule has 0 aliphatic carbocycles. The number of aliphatic hydroxyl groups is 1. The minimum atomic E-state index is -0.140. The first-order valence-corrected chi connectivity index (χ1v) is 10.8. The molecule has 1 saturated heterocycles. The first-order valence-electron chi connectivity index (χ1n) is 10.4. The van der Waals surface area contributed by atoms with Gasteiger partial charge in [-0.15, -0.1) is 0 Å². The second-order valence-electron chi connectivity index (χ2n) is 7.84. The molecule has 158 valence electrons. The van der Waals surface area contributed by atoms with Crippen LogP contribution in [0.5, 0.6) is 0 Å². The van der Waals surface area contributed by atoms with E-state index >= 15 is 0 Å². The smallest absolute Gasteiger partial charge is 0.222 e. The molecule has 0 spiro atoms. The van der Waals surface area contributed by atoms with Crippen LogP contribution in [0.25, 0.3) is 11.0 Å². The highest BCUT2D eigenvalue weighted by molar-refractivity contribution is 6.30. The summed E-state index contributed by atoms with van der Waals surface area (Å²) in [6.45, 7) is 3.12. The molecular weight excluding hydrogens is 400 g/mol. The predicted octanol–water partition coefficient (Wildman–Crippen LogP) is 3.35. The third kappa shape index (κ3) is 5.01. The number of aliphatic hydroxyl groups excluding tert-OH is 1. The third-order valence-corrected chi connectivity index (χ3v) is 5.88. The maximum atomic E-state index is 12.6. The topological polar surface area (TPSA) is 70.4 Å². The van der Waals surface area contributed by atoms with Crippen molar-refractivity contribution in [3.8, 4) is 0 Å². The lowest BCUT2D eigenvalue weighted by Gasteiger charge is -2.33. The van der Waals surface area contributed by atoms with Crippen molar-refractivity contribution in [1.29, 1.82) is 0 Å². The lowest BCUT2D eigenvalue weighted by atomic mass is 10.0. The van der Waals surface area contributed by atoms with Gasteiger partial charge < -0.3 is 15.0 Å². The summed E-state index contributed by atoms with van der Waals surface area (Å²) in [7, 11) is 0. The Morgan fingerprint density at radius 2 is 2.00 bits per heavy atom. The van der Waals surface area contributed by atoms with Gasteiger partial charge in [-0.25, -0.2) is 4.98 Å². The number of carbonyl (C=O) groups is 1. The quantitative estimate of drug-likeness (QED) is 0.607. The summed E-state index contributed by atoms with van der Waals surface area (Å²) in [6, 6.07) is 15.9. The van der Waals surface area contributed by atoms with Crippen LogP contribution in [0, 0.1) is 0 Å². The van der Waals surface area contributed by atoms with E-state index < -0.39 is 0 Å². The highest BCUT2D eigenvalue weighted by Gasteiger charge is 2.21. The molecule has 7 heteroatoms. The zero-order chi connectivity index (χ0) is 20.9.